The van der Waals surface area contributed by atoms with Crippen molar-refractivity contribution in [3.05, 3.63) is 41.6 Å². The Labute approximate surface area is 117 Å². The van der Waals surface area contributed by atoms with Gasteiger partial charge in [0.05, 0.1) is 17.4 Å². The van der Waals surface area contributed by atoms with Crippen molar-refractivity contribution in [3.63, 3.8) is 0 Å². The Bertz CT molecular complexity index is 638. The second-order valence-corrected chi connectivity index (χ2v) is 4.10. The van der Waals surface area contributed by atoms with E-state index in [1.807, 2.05) is 0 Å². The van der Waals surface area contributed by atoms with Crippen LogP contribution in [-0.4, -0.2) is 16.2 Å². The van der Waals surface area contributed by atoms with Crippen LogP contribution in [0.15, 0.2) is 30.5 Å². The molecule has 112 valence electrons. The molecule has 0 saturated heterocycles. The molecule has 0 bridgehead atoms. The van der Waals surface area contributed by atoms with Crippen LogP contribution >= 0.6 is 0 Å². The lowest BCUT2D eigenvalue weighted by atomic mass is 10.1. The number of amides is 2. The molecule has 0 atom stereocenters. The molecule has 0 saturated carbocycles. The van der Waals surface area contributed by atoms with Gasteiger partial charge in [0.2, 0.25) is 0 Å². The molecular weight excluding hydrogens is 287 g/mol. The average molecular weight is 299 g/mol. The van der Waals surface area contributed by atoms with Gasteiger partial charge in [-0.05, 0) is 12.1 Å². The van der Waals surface area contributed by atoms with Gasteiger partial charge < -0.3 is 11.1 Å². The molecule has 0 radical (unpaired) electrons. The molecule has 9 heteroatoms. The number of carbonyl (C=O) groups is 1. The zero-order valence-electron chi connectivity index (χ0n) is 10.7. The van der Waals surface area contributed by atoms with Crippen LogP contribution in [0.5, 0.6) is 0 Å². The van der Waals surface area contributed by atoms with Crippen LogP contribution in [0, 0.1) is 0 Å². The lowest BCUT2D eigenvalue weighted by molar-refractivity contribution is -0.136. The van der Waals surface area contributed by atoms with Crippen LogP contribution in [0.3, 0.4) is 0 Å². The van der Waals surface area contributed by atoms with Crippen molar-refractivity contribution < 1.29 is 18.0 Å². The number of nitrogens with two attached hydrogens (primary N) is 1. The smallest absolute Gasteiger partial charge is 0.326 e. The number of halogens is 3. The molecule has 0 aliphatic rings. The van der Waals surface area contributed by atoms with E-state index in [1.165, 1.54) is 24.4 Å². The minimum absolute atomic E-state index is 0.130. The summed E-state index contributed by atoms with van der Waals surface area (Å²) in [5.74, 6) is 0.236. The number of anilines is 2. The van der Waals surface area contributed by atoms with E-state index in [1.54, 1.807) is 0 Å². The molecule has 1 aromatic heterocycles. The fraction of sp³-hybridized carbons (Fsp3) is 0.167. The summed E-state index contributed by atoms with van der Waals surface area (Å²) in [7, 11) is 0. The number of aromatic amines is 1. The maximum atomic E-state index is 12.8. The van der Waals surface area contributed by atoms with E-state index in [0.29, 0.717) is 5.56 Å². The highest BCUT2D eigenvalue weighted by atomic mass is 19.4. The number of para-hydroxylation sites is 1. The van der Waals surface area contributed by atoms with E-state index < -0.39 is 17.8 Å². The molecule has 2 aromatic rings. The first-order valence-electron chi connectivity index (χ1n) is 5.88. The summed E-state index contributed by atoms with van der Waals surface area (Å²) in [6.07, 6.45) is -3.14. The predicted molar refractivity (Wildman–Crippen MR) is 70.6 cm³/mol. The third kappa shape index (κ3) is 3.51. The third-order valence-corrected chi connectivity index (χ3v) is 2.66. The molecule has 0 unspecified atom stereocenters. The Morgan fingerprint density at radius 1 is 1.29 bits per heavy atom. The van der Waals surface area contributed by atoms with E-state index in [4.69, 9.17) is 5.73 Å². The first kappa shape index (κ1) is 14.9. The molecule has 2 amide bonds. The molecule has 0 fully saturated rings. The number of carbonyl (C=O) groups excluding carboxylic acids is 1. The number of nitrogens with one attached hydrogen (secondary N) is 3. The number of hydrogen-bond acceptors (Lipinski definition) is 3. The van der Waals surface area contributed by atoms with Crippen molar-refractivity contribution in [1.29, 1.82) is 0 Å². The maximum absolute atomic E-state index is 12.8. The zero-order chi connectivity index (χ0) is 15.5. The van der Waals surface area contributed by atoms with Crippen LogP contribution in [0.1, 0.15) is 11.1 Å². The van der Waals surface area contributed by atoms with Gasteiger partial charge in [-0.2, -0.15) is 18.3 Å². The number of rotatable bonds is 3. The highest BCUT2D eigenvalue weighted by Gasteiger charge is 2.33. The van der Waals surface area contributed by atoms with Gasteiger partial charge in [0, 0.05) is 12.1 Å². The summed E-state index contributed by atoms with van der Waals surface area (Å²) >= 11 is 0. The molecule has 5 N–H and O–H groups in total. The van der Waals surface area contributed by atoms with Gasteiger partial charge in [0.25, 0.3) is 0 Å². The number of H-pyrrole nitrogens is 1. The van der Waals surface area contributed by atoms with Crippen molar-refractivity contribution in [2.24, 2.45) is 5.73 Å². The maximum Gasteiger partial charge on any atom is 0.418 e. The normalized spacial score (nSPS) is 11.2. The Hall–Kier alpha value is -2.55. The van der Waals surface area contributed by atoms with Crippen molar-refractivity contribution in [2.45, 2.75) is 12.7 Å². The lowest BCUT2D eigenvalue weighted by Crippen LogP contribution is -2.22. The number of nitrogens with zero attached hydrogens (tertiary/aromatic N) is 1. The summed E-state index contributed by atoms with van der Waals surface area (Å²) in [6, 6.07) is 3.86. The number of alkyl halides is 3. The summed E-state index contributed by atoms with van der Waals surface area (Å²) in [5, 5.41) is 10.7. The highest BCUT2D eigenvalue weighted by molar-refractivity contribution is 6.00. The first-order chi connectivity index (χ1) is 9.91. The van der Waals surface area contributed by atoms with Gasteiger partial charge in [0.1, 0.15) is 5.82 Å². The van der Waals surface area contributed by atoms with E-state index >= 15 is 0 Å². The fourth-order valence-electron chi connectivity index (χ4n) is 1.68. The standard InChI is InChI=1S/C12H12F3N5O/c13-12(14,15)8-3-1-2-4-9(8)18-11(21)19-10-7(5-16)6-17-20-10/h1-4,6H,5,16H2,(H3,17,18,19,20,21). The van der Waals surface area contributed by atoms with Gasteiger partial charge in [-0.1, -0.05) is 12.1 Å². The van der Waals surface area contributed by atoms with Crippen molar-refractivity contribution in [1.82, 2.24) is 10.2 Å². The van der Waals surface area contributed by atoms with Crippen molar-refractivity contribution in [3.8, 4) is 0 Å². The topological polar surface area (TPSA) is 95.8 Å². The SMILES string of the molecule is NCc1cn[nH]c1NC(=O)Nc1ccccc1C(F)(F)F. The number of benzene rings is 1. The van der Waals surface area contributed by atoms with Gasteiger partial charge >= 0.3 is 12.2 Å². The van der Waals surface area contributed by atoms with Crippen LogP contribution in [0.4, 0.5) is 29.5 Å². The van der Waals surface area contributed by atoms with Crippen LogP contribution in [0.25, 0.3) is 0 Å². The fourth-order valence-corrected chi connectivity index (χ4v) is 1.68. The largest absolute Gasteiger partial charge is 0.418 e. The summed E-state index contributed by atoms with van der Waals surface area (Å²) in [5.41, 5.74) is 4.70. The Balaban J connectivity index is 2.14. The Kier molecular flexibility index (Phi) is 4.13. The zero-order valence-corrected chi connectivity index (χ0v) is 10.7. The van der Waals surface area contributed by atoms with E-state index in [9.17, 15) is 18.0 Å². The molecule has 2 rings (SSSR count). The summed E-state index contributed by atoms with van der Waals surface area (Å²) < 4.78 is 38.4. The minimum atomic E-state index is -4.56. The van der Waals surface area contributed by atoms with E-state index in [0.717, 1.165) is 6.07 Å². The predicted octanol–water partition coefficient (Wildman–Crippen LogP) is 2.53. The van der Waals surface area contributed by atoms with Crippen LogP contribution in [-0.2, 0) is 12.7 Å². The van der Waals surface area contributed by atoms with Crippen molar-refractivity contribution >= 4 is 17.5 Å². The molecule has 0 aliphatic carbocycles. The Morgan fingerprint density at radius 2 is 2.00 bits per heavy atom. The van der Waals surface area contributed by atoms with Crippen LogP contribution in [0.2, 0.25) is 0 Å². The highest BCUT2D eigenvalue weighted by Crippen LogP contribution is 2.34. The number of aromatic nitrogens is 2. The second-order valence-electron chi connectivity index (χ2n) is 4.10. The number of hydrogen-bond donors (Lipinski definition) is 4. The monoisotopic (exact) mass is 299 g/mol. The van der Waals surface area contributed by atoms with E-state index in [2.05, 4.69) is 20.8 Å². The van der Waals surface area contributed by atoms with Crippen molar-refractivity contribution in [2.75, 3.05) is 10.6 Å². The Morgan fingerprint density at radius 3 is 2.67 bits per heavy atom. The average Bonchev–Trinajstić information content (AvgIpc) is 2.85. The molecule has 1 aromatic carbocycles. The quantitative estimate of drug-likeness (QED) is 0.701. The molecule has 0 aliphatic heterocycles. The summed E-state index contributed by atoms with van der Waals surface area (Å²) in [6.45, 7) is 0.130. The number of urea groups is 1. The third-order valence-electron chi connectivity index (χ3n) is 2.66. The molecular formula is C12H12F3N5O. The van der Waals surface area contributed by atoms with Gasteiger partial charge in [-0.15, -0.1) is 0 Å². The van der Waals surface area contributed by atoms with E-state index in [-0.39, 0.29) is 18.1 Å². The van der Waals surface area contributed by atoms with Gasteiger partial charge in [-0.3, -0.25) is 10.4 Å². The molecule has 6 nitrogen and oxygen atoms in total. The molecule has 0 spiro atoms. The molecule has 21 heavy (non-hydrogen) atoms. The van der Waals surface area contributed by atoms with Gasteiger partial charge in [-0.25, -0.2) is 4.79 Å². The summed E-state index contributed by atoms with van der Waals surface area (Å²) in [4.78, 5) is 11.7. The molecule has 1 heterocycles. The minimum Gasteiger partial charge on any atom is -0.326 e. The van der Waals surface area contributed by atoms with Gasteiger partial charge in [0.15, 0.2) is 0 Å². The van der Waals surface area contributed by atoms with Crippen LogP contribution < -0.4 is 16.4 Å². The second kappa shape index (κ2) is 5.83. The lowest BCUT2D eigenvalue weighted by Gasteiger charge is -2.13. The first-order valence-corrected chi connectivity index (χ1v) is 5.88.